The molecule has 2 aliphatic heterocycles. The molecule has 0 radical (unpaired) electrons. The molecule has 1 saturated heterocycles. The van der Waals surface area contributed by atoms with Gasteiger partial charge in [-0.1, -0.05) is 45.9 Å². The van der Waals surface area contributed by atoms with E-state index in [0.717, 1.165) is 44.5 Å². The highest BCUT2D eigenvalue weighted by Crippen LogP contribution is 2.41. The van der Waals surface area contributed by atoms with Crippen molar-refractivity contribution >= 4 is 40.4 Å². The number of hydrogen-bond donors (Lipinski definition) is 3. The number of carbonyl (C=O) groups excluding carboxylic acids is 5. The fourth-order valence-electron chi connectivity index (χ4n) is 10.5. The van der Waals surface area contributed by atoms with Crippen molar-refractivity contribution in [1.82, 2.24) is 35.1 Å². The van der Waals surface area contributed by atoms with E-state index in [2.05, 4.69) is 54.3 Å². The molecule has 1 saturated carbocycles. The number of likely N-dealkylation sites (N-methyl/N-ethyl adjacent to an activating group) is 2. The van der Waals surface area contributed by atoms with Gasteiger partial charge in [0.15, 0.2) is 5.78 Å². The Morgan fingerprint density at radius 1 is 1.04 bits per heavy atom. The Kier molecular flexibility index (Phi) is 16.1. The van der Waals surface area contributed by atoms with Crippen LogP contribution in [0.15, 0.2) is 66.9 Å². The van der Waals surface area contributed by atoms with Crippen molar-refractivity contribution in [2.24, 2.45) is 23.2 Å². The molecule has 2 aromatic carbocycles. The number of nitrogens with one attached hydrogen (secondary N) is 2. The third kappa shape index (κ3) is 11.6. The van der Waals surface area contributed by atoms with Crippen molar-refractivity contribution in [2.75, 3.05) is 47.9 Å². The number of aromatic nitrogens is 2. The molecular weight excluding hydrogens is 875 g/mol. The second kappa shape index (κ2) is 21.8. The Morgan fingerprint density at radius 3 is 2.54 bits per heavy atom. The molecule has 370 valence electrons. The molecule has 5 atom stereocenters. The number of fused-ring (bicyclic) bond motifs is 6. The average molecular weight is 946 g/mol. The minimum atomic E-state index is -1.16. The lowest BCUT2D eigenvalue weighted by atomic mass is 9.84. The third-order valence-electron chi connectivity index (χ3n) is 13.9. The molecule has 7 rings (SSSR count). The molecule has 1 unspecified atom stereocenters. The molecule has 4 aromatic rings. The number of allylic oxidation sites excluding steroid dienone is 1. The molecule has 0 spiro atoms. The first-order chi connectivity index (χ1) is 32.9. The number of aryl methyl sites for hydroxylation is 1. The van der Waals surface area contributed by atoms with Crippen LogP contribution < -0.4 is 10.7 Å². The maximum atomic E-state index is 14.8. The van der Waals surface area contributed by atoms with Crippen LogP contribution in [0.2, 0.25) is 0 Å². The molecule has 3 N–H and O–H groups in total. The Hall–Kier alpha value is -5.90. The zero-order chi connectivity index (χ0) is 49.7. The van der Waals surface area contributed by atoms with Crippen molar-refractivity contribution in [2.45, 2.75) is 111 Å². The fraction of sp³-hybridized carbons (Fsp3) is 0.519. The number of esters is 1. The summed E-state index contributed by atoms with van der Waals surface area (Å²) in [5.74, 6) is -2.69. The van der Waals surface area contributed by atoms with E-state index in [-0.39, 0.29) is 48.8 Å². The number of pyridine rings is 1. The molecule has 2 aromatic heterocycles. The third-order valence-corrected chi connectivity index (χ3v) is 13.9. The van der Waals surface area contributed by atoms with Crippen molar-refractivity contribution in [1.29, 1.82) is 0 Å². The average Bonchev–Trinajstić information content (AvgIpc) is 3.93. The number of amides is 3. The van der Waals surface area contributed by atoms with Gasteiger partial charge in [0.1, 0.15) is 23.9 Å². The molecule has 69 heavy (non-hydrogen) atoms. The number of phenolic OH excluding ortho intramolecular Hbond substituents is 1. The normalized spacial score (nSPS) is 21.4. The molecule has 15 nitrogen and oxygen atoms in total. The van der Waals surface area contributed by atoms with Crippen LogP contribution in [0.1, 0.15) is 83.5 Å². The van der Waals surface area contributed by atoms with Crippen molar-refractivity contribution < 1.29 is 38.6 Å². The number of hydrazine groups is 1. The van der Waals surface area contributed by atoms with Crippen molar-refractivity contribution in [3.05, 3.63) is 83.7 Å². The van der Waals surface area contributed by atoms with Gasteiger partial charge in [-0.25, -0.2) is 5.43 Å². The summed E-state index contributed by atoms with van der Waals surface area (Å²) >= 11 is 0. The molecule has 4 heterocycles. The SMILES string of the molecule is CCn1c(-c2cccnc2COC)c2c3cc(ccc31)-c1cc(O)cc(c1)C[C@H](NC(=O)[C@H](C(C)C)N(C)C(=O)[C@H]1CCC(C(=O)/C=C\CN(C)C)C1)C(=O)N1CCC[C@H](N1)C(=O)OCC(C)(C)C2. The number of aromatic hydroxyl groups is 1. The van der Waals surface area contributed by atoms with Crippen LogP contribution >= 0.6 is 0 Å². The summed E-state index contributed by atoms with van der Waals surface area (Å²) in [5, 5.41) is 16.8. The van der Waals surface area contributed by atoms with Gasteiger partial charge in [0.25, 0.3) is 5.91 Å². The highest BCUT2D eigenvalue weighted by Gasteiger charge is 2.41. The van der Waals surface area contributed by atoms with E-state index in [4.69, 9.17) is 14.5 Å². The number of rotatable bonds is 13. The predicted molar refractivity (Wildman–Crippen MR) is 266 cm³/mol. The van der Waals surface area contributed by atoms with E-state index in [1.807, 2.05) is 57.1 Å². The van der Waals surface area contributed by atoms with Crippen molar-refractivity contribution in [3.63, 3.8) is 0 Å². The van der Waals surface area contributed by atoms with Gasteiger partial charge in [0.05, 0.1) is 24.6 Å². The van der Waals surface area contributed by atoms with E-state index < -0.39 is 47.2 Å². The number of methoxy groups -OCH3 is 1. The molecule has 3 amide bonds. The minimum absolute atomic E-state index is 0.00315. The number of hydrogen-bond acceptors (Lipinski definition) is 11. The van der Waals surface area contributed by atoms with E-state index >= 15 is 0 Å². The first-order valence-corrected chi connectivity index (χ1v) is 24.5. The van der Waals surface area contributed by atoms with Crippen LogP contribution in [0.3, 0.4) is 0 Å². The van der Waals surface area contributed by atoms with Crippen LogP contribution in [0.25, 0.3) is 33.3 Å². The van der Waals surface area contributed by atoms with Crippen LogP contribution in [0.5, 0.6) is 5.75 Å². The maximum absolute atomic E-state index is 14.8. The van der Waals surface area contributed by atoms with Gasteiger partial charge in [0.2, 0.25) is 11.8 Å². The summed E-state index contributed by atoms with van der Waals surface area (Å²) < 4.78 is 14.0. The number of ether oxygens (including phenoxy) is 2. The summed E-state index contributed by atoms with van der Waals surface area (Å²) in [6.45, 7) is 12.0. The Bertz CT molecular complexity index is 2580. The van der Waals surface area contributed by atoms with Crippen LogP contribution in [0.4, 0.5) is 0 Å². The molecule has 6 bridgehead atoms. The van der Waals surface area contributed by atoms with E-state index in [9.17, 15) is 29.1 Å². The topological polar surface area (TPSA) is 176 Å². The summed E-state index contributed by atoms with van der Waals surface area (Å²) in [4.78, 5) is 78.6. The second-order valence-corrected chi connectivity index (χ2v) is 20.6. The van der Waals surface area contributed by atoms with Gasteiger partial charge in [-0.15, -0.1) is 0 Å². The zero-order valence-electron chi connectivity index (χ0n) is 41.8. The summed E-state index contributed by atoms with van der Waals surface area (Å²) in [5.41, 5.74) is 9.59. The van der Waals surface area contributed by atoms with Gasteiger partial charge in [-0.2, -0.15) is 0 Å². The van der Waals surface area contributed by atoms with E-state index in [1.54, 1.807) is 38.6 Å². The first-order valence-electron chi connectivity index (χ1n) is 24.5. The number of carbonyl (C=O) groups is 5. The standard InChI is InChI=1S/C54H71N7O8/c1-10-60-46-20-19-35-29-41(46)42(49(60)40-14-11-21-55-45(40)31-68-9)30-54(4,5)32-69-53(67)43-15-12-23-61(57-43)52(66)44(26-34-24-38(35)28-39(62)25-34)56-50(64)48(33(2)3)59(8)51(65)37-18-17-36(27-37)47(63)16-13-22-58(6)7/h11,13-14,16,19-21,24-25,28-29,33,36-37,43-44,48,57,62H,10,12,15,17-18,22-23,26-27,30-32H2,1-9H3,(H,56,64)/b16-13-/t36?,37-,43-,44-,48-/m0/s1. The summed E-state index contributed by atoms with van der Waals surface area (Å²) in [6.07, 6.45) is 8.24. The van der Waals surface area contributed by atoms with Crippen LogP contribution in [-0.4, -0.2) is 125 Å². The molecule has 1 aliphatic carbocycles. The Balaban J connectivity index is 1.25. The molecule has 15 heteroatoms. The Labute approximate surface area is 406 Å². The molecule has 3 aliphatic rings. The highest BCUT2D eigenvalue weighted by atomic mass is 16.5. The first kappa shape index (κ1) is 51.0. The number of cyclic esters (lactones) is 1. The number of nitrogens with zero attached hydrogens (tertiary/aromatic N) is 5. The minimum Gasteiger partial charge on any atom is -0.508 e. The van der Waals surface area contributed by atoms with Crippen LogP contribution in [0, 0.1) is 23.2 Å². The highest BCUT2D eigenvalue weighted by molar-refractivity contribution is 5.96. The summed E-state index contributed by atoms with van der Waals surface area (Å²) in [7, 11) is 7.13. The number of ketones is 1. The predicted octanol–water partition coefficient (Wildman–Crippen LogP) is 6.48. The number of benzene rings is 2. The van der Waals surface area contributed by atoms with E-state index in [1.165, 1.54) is 9.91 Å². The Morgan fingerprint density at radius 2 is 1.81 bits per heavy atom. The van der Waals surface area contributed by atoms with Gasteiger partial charge in [-0.3, -0.25) is 34.0 Å². The molecular formula is C54H71N7O8. The van der Waals surface area contributed by atoms with E-state index in [0.29, 0.717) is 63.8 Å². The lowest BCUT2D eigenvalue weighted by Gasteiger charge is -2.37. The van der Waals surface area contributed by atoms with Crippen molar-refractivity contribution in [3.8, 4) is 28.1 Å². The fourth-order valence-corrected chi connectivity index (χ4v) is 10.5. The summed E-state index contributed by atoms with van der Waals surface area (Å²) in [6, 6.07) is 12.6. The largest absolute Gasteiger partial charge is 0.508 e. The smallest absolute Gasteiger partial charge is 0.324 e. The monoisotopic (exact) mass is 946 g/mol. The van der Waals surface area contributed by atoms with Gasteiger partial charge in [0, 0.05) is 80.1 Å². The lowest BCUT2D eigenvalue weighted by Crippen LogP contribution is -2.62. The lowest BCUT2D eigenvalue weighted by molar-refractivity contribution is -0.155. The van der Waals surface area contributed by atoms with Crippen LogP contribution in [-0.2, 0) is 59.4 Å². The second-order valence-electron chi connectivity index (χ2n) is 20.6. The zero-order valence-corrected chi connectivity index (χ0v) is 41.8. The molecule has 2 fully saturated rings. The van der Waals surface area contributed by atoms with Gasteiger partial charge in [-0.05, 0) is 130 Å². The van der Waals surface area contributed by atoms with Gasteiger partial charge >= 0.3 is 5.97 Å². The quantitative estimate of drug-likeness (QED) is 0.0989. The van der Waals surface area contributed by atoms with Gasteiger partial charge < -0.3 is 34.3 Å². The number of phenols is 1. The maximum Gasteiger partial charge on any atom is 0.324 e.